The van der Waals surface area contributed by atoms with E-state index < -0.39 is 0 Å². The summed E-state index contributed by atoms with van der Waals surface area (Å²) < 4.78 is 0. The molecule has 0 amide bonds. The van der Waals surface area contributed by atoms with Crippen LogP contribution in [-0.4, -0.2) is 0 Å². The number of benzene rings is 5. The zero-order valence-corrected chi connectivity index (χ0v) is 30.7. The van der Waals surface area contributed by atoms with E-state index in [9.17, 15) is 0 Å². The van der Waals surface area contributed by atoms with Crippen LogP contribution in [0, 0.1) is 29.1 Å². The molecule has 5 aliphatic carbocycles. The molecule has 0 aromatic heterocycles. The van der Waals surface area contributed by atoms with Crippen LogP contribution in [0.1, 0.15) is 88.5 Å². The lowest BCUT2D eigenvalue weighted by Gasteiger charge is -2.78. The molecule has 5 aromatic rings. The third kappa shape index (κ3) is 3.72. The van der Waals surface area contributed by atoms with Gasteiger partial charge < -0.3 is 4.90 Å². The molecule has 4 saturated carbocycles. The molecule has 1 nitrogen and oxygen atoms in total. The van der Waals surface area contributed by atoms with Crippen molar-refractivity contribution in [2.75, 3.05) is 4.90 Å². The third-order valence-corrected chi connectivity index (χ3v) is 16.2. The Morgan fingerprint density at radius 1 is 0.540 bits per heavy atom. The van der Waals surface area contributed by atoms with Crippen molar-refractivity contribution in [2.45, 2.75) is 92.3 Å². The summed E-state index contributed by atoms with van der Waals surface area (Å²) in [5.41, 5.74) is 13.8. The first-order valence-electron chi connectivity index (χ1n) is 19.2. The molecule has 0 radical (unpaired) electrons. The lowest BCUT2D eigenvalue weighted by atomic mass is 9.26. The summed E-state index contributed by atoms with van der Waals surface area (Å²) in [4.78, 5) is 5.53. The van der Waals surface area contributed by atoms with Crippen molar-refractivity contribution in [1.29, 1.82) is 0 Å². The minimum absolute atomic E-state index is 0.104. The van der Waals surface area contributed by atoms with Crippen LogP contribution in [-0.2, 0) is 16.2 Å². The summed E-state index contributed by atoms with van der Waals surface area (Å²) in [6.07, 6.45) is 8.26. The standard InChI is InChI=1S/C48H47NS/c1-45(2)21-22-46(3,4)38-27-35(16-18-37(38)45)49(34-13-9-6-10-14-34)36-17-20-42-40(28-36)48(43-24-30-23-33-26-44(48)47(33,43)29-30)39-25-32(15-19-41(39)50-42)31-11-7-5-8-12-31/h5-20,25,27-28,30,33,43-44H,21-24,26,29H2,1-4H3. The first-order chi connectivity index (χ1) is 24.2. The van der Waals surface area contributed by atoms with E-state index in [0.717, 1.165) is 23.7 Å². The molecule has 2 spiro atoms. The SMILES string of the molecule is CC1(C)CCC(C)(C)c2cc(N(c3ccccc3)c3ccc4c(c3)C3(c5cc(-c6ccccc6)ccc5S4)C4CC5CC6CC3C64C5)ccc21. The molecule has 250 valence electrons. The van der Waals surface area contributed by atoms with E-state index >= 15 is 0 Å². The molecule has 11 rings (SSSR count). The van der Waals surface area contributed by atoms with E-state index in [1.807, 2.05) is 11.8 Å². The van der Waals surface area contributed by atoms with Crippen LogP contribution in [0.15, 0.2) is 125 Å². The van der Waals surface area contributed by atoms with Gasteiger partial charge in [-0.3, -0.25) is 0 Å². The van der Waals surface area contributed by atoms with Crippen LogP contribution in [0.4, 0.5) is 17.1 Å². The third-order valence-electron chi connectivity index (χ3n) is 15.0. The van der Waals surface area contributed by atoms with Crippen molar-refractivity contribution in [2.24, 2.45) is 29.1 Å². The summed E-state index contributed by atoms with van der Waals surface area (Å²) >= 11 is 2.02. The first kappa shape index (κ1) is 29.9. The second kappa shape index (κ2) is 9.97. The zero-order chi connectivity index (χ0) is 33.6. The summed E-state index contributed by atoms with van der Waals surface area (Å²) in [6.45, 7) is 9.77. The Balaban J connectivity index is 1.11. The second-order valence-electron chi connectivity index (χ2n) is 18.1. The Kier molecular flexibility index (Phi) is 5.97. The van der Waals surface area contributed by atoms with Crippen molar-refractivity contribution >= 4 is 28.8 Å². The Morgan fingerprint density at radius 2 is 1.16 bits per heavy atom. The van der Waals surface area contributed by atoms with Gasteiger partial charge in [0.25, 0.3) is 0 Å². The fraction of sp³-hybridized carbons (Fsp3) is 0.375. The van der Waals surface area contributed by atoms with Gasteiger partial charge in [-0.2, -0.15) is 0 Å². The van der Waals surface area contributed by atoms with Gasteiger partial charge in [0.05, 0.1) is 0 Å². The average Bonchev–Trinajstić information content (AvgIpc) is 3.66. The van der Waals surface area contributed by atoms with Crippen LogP contribution >= 0.6 is 11.8 Å². The molecule has 6 unspecified atom stereocenters. The lowest BCUT2D eigenvalue weighted by Crippen LogP contribution is -2.74. The predicted molar refractivity (Wildman–Crippen MR) is 208 cm³/mol. The number of para-hydroxylation sites is 1. The molecule has 6 aliphatic rings. The monoisotopic (exact) mass is 669 g/mol. The van der Waals surface area contributed by atoms with Gasteiger partial charge in [-0.05, 0) is 166 Å². The van der Waals surface area contributed by atoms with E-state index in [4.69, 9.17) is 0 Å². The van der Waals surface area contributed by atoms with Gasteiger partial charge in [0.2, 0.25) is 0 Å². The van der Waals surface area contributed by atoms with Crippen molar-refractivity contribution in [1.82, 2.24) is 0 Å². The molecule has 0 saturated heterocycles. The van der Waals surface area contributed by atoms with Crippen molar-refractivity contribution in [3.63, 3.8) is 0 Å². The van der Waals surface area contributed by atoms with Crippen molar-refractivity contribution in [3.8, 4) is 11.1 Å². The number of hydrogen-bond donors (Lipinski definition) is 0. The number of fused-ring (bicyclic) bond motifs is 8. The Labute approximate surface area is 302 Å². The van der Waals surface area contributed by atoms with Gasteiger partial charge in [0, 0.05) is 32.3 Å². The van der Waals surface area contributed by atoms with Crippen LogP contribution in [0.5, 0.6) is 0 Å². The van der Waals surface area contributed by atoms with E-state index in [0.29, 0.717) is 5.41 Å². The molecule has 4 fully saturated rings. The van der Waals surface area contributed by atoms with E-state index in [2.05, 4.69) is 148 Å². The van der Waals surface area contributed by atoms with E-state index in [1.54, 1.807) is 11.1 Å². The summed E-state index contributed by atoms with van der Waals surface area (Å²) in [5, 5.41) is 0. The number of nitrogens with zero attached hydrogens (tertiary/aromatic N) is 1. The number of anilines is 3. The van der Waals surface area contributed by atoms with Crippen LogP contribution < -0.4 is 4.90 Å². The second-order valence-corrected chi connectivity index (χ2v) is 19.2. The van der Waals surface area contributed by atoms with Crippen LogP contribution in [0.3, 0.4) is 0 Å². The molecule has 1 heterocycles. The highest BCUT2D eigenvalue weighted by atomic mass is 32.2. The Morgan fingerprint density at radius 3 is 1.90 bits per heavy atom. The van der Waals surface area contributed by atoms with Crippen LogP contribution in [0.2, 0.25) is 0 Å². The fourth-order valence-corrected chi connectivity index (χ4v) is 14.0. The maximum atomic E-state index is 2.66. The maximum Gasteiger partial charge on any atom is 0.0465 e. The smallest absolute Gasteiger partial charge is 0.0465 e. The minimum Gasteiger partial charge on any atom is -0.310 e. The molecule has 1 aliphatic heterocycles. The minimum atomic E-state index is 0.104. The van der Waals surface area contributed by atoms with Gasteiger partial charge in [0.1, 0.15) is 0 Å². The summed E-state index contributed by atoms with van der Waals surface area (Å²) in [5.74, 6) is 3.41. The number of hydrogen-bond acceptors (Lipinski definition) is 2. The highest BCUT2D eigenvalue weighted by Gasteiger charge is 2.84. The maximum absolute atomic E-state index is 2.66. The Hall–Kier alpha value is -3.75. The fourth-order valence-electron chi connectivity index (χ4n) is 12.8. The molecule has 0 N–H and O–H groups in total. The summed E-state index contributed by atoms with van der Waals surface area (Å²) in [6, 6.07) is 44.7. The quantitative estimate of drug-likeness (QED) is 0.187. The van der Waals surface area contributed by atoms with Gasteiger partial charge in [0.15, 0.2) is 0 Å². The van der Waals surface area contributed by atoms with E-state index in [-0.39, 0.29) is 16.2 Å². The lowest BCUT2D eigenvalue weighted by molar-refractivity contribution is -0.235. The normalized spacial score (nSPS) is 31.1. The molecule has 6 atom stereocenters. The molecule has 2 heteroatoms. The molecular weight excluding hydrogens is 623 g/mol. The largest absolute Gasteiger partial charge is 0.310 e. The zero-order valence-electron chi connectivity index (χ0n) is 29.9. The first-order valence-corrected chi connectivity index (χ1v) is 20.0. The molecule has 50 heavy (non-hydrogen) atoms. The van der Waals surface area contributed by atoms with Crippen molar-refractivity contribution in [3.05, 3.63) is 138 Å². The molecule has 5 aromatic carbocycles. The van der Waals surface area contributed by atoms with Gasteiger partial charge in [-0.1, -0.05) is 100 Å². The highest BCUT2D eigenvalue weighted by molar-refractivity contribution is 7.99. The van der Waals surface area contributed by atoms with Gasteiger partial charge in [-0.25, -0.2) is 0 Å². The highest BCUT2D eigenvalue weighted by Crippen LogP contribution is 2.89. The van der Waals surface area contributed by atoms with E-state index in [1.165, 1.54) is 87.6 Å². The Bertz CT molecular complexity index is 2200. The number of rotatable bonds is 4. The molecule has 2 bridgehead atoms. The van der Waals surface area contributed by atoms with Gasteiger partial charge in [-0.15, -0.1) is 0 Å². The topological polar surface area (TPSA) is 3.24 Å². The van der Waals surface area contributed by atoms with Gasteiger partial charge >= 0.3 is 0 Å². The molecular formula is C48H47NS. The van der Waals surface area contributed by atoms with Crippen LogP contribution in [0.25, 0.3) is 11.1 Å². The predicted octanol–water partition coefficient (Wildman–Crippen LogP) is 13.0. The average molecular weight is 670 g/mol. The summed E-state index contributed by atoms with van der Waals surface area (Å²) in [7, 11) is 0. The van der Waals surface area contributed by atoms with Crippen molar-refractivity contribution < 1.29 is 0 Å².